The summed E-state index contributed by atoms with van der Waals surface area (Å²) in [6, 6.07) is 50.8. The van der Waals surface area contributed by atoms with E-state index < -0.39 is 11.7 Å². The fourth-order valence-corrected chi connectivity index (χ4v) is 8.13. The summed E-state index contributed by atoms with van der Waals surface area (Å²) < 4.78 is 40.9. The first kappa shape index (κ1) is 29.5. The summed E-state index contributed by atoms with van der Waals surface area (Å²) in [4.78, 5) is 0. The molecule has 49 heavy (non-hydrogen) atoms. The molecule has 0 spiro atoms. The maximum atomic E-state index is 13.6. The number of halogens is 3. The van der Waals surface area contributed by atoms with Crippen molar-refractivity contribution in [3.05, 3.63) is 168 Å². The van der Waals surface area contributed by atoms with Gasteiger partial charge in [0.25, 0.3) is 0 Å². The highest BCUT2D eigenvalue weighted by molar-refractivity contribution is 6.22. The molecule has 8 aromatic rings. The molecule has 0 fully saturated rings. The monoisotopic (exact) mass is 640 g/mol. The van der Waals surface area contributed by atoms with E-state index >= 15 is 0 Å². The van der Waals surface area contributed by atoms with Crippen molar-refractivity contribution in [2.24, 2.45) is 0 Å². The first-order valence-corrected chi connectivity index (χ1v) is 16.6. The largest absolute Gasteiger partial charge is 0.416 e. The van der Waals surface area contributed by atoms with Gasteiger partial charge in [0.1, 0.15) is 0 Å². The van der Waals surface area contributed by atoms with Gasteiger partial charge >= 0.3 is 6.18 Å². The van der Waals surface area contributed by atoms with Gasteiger partial charge in [-0.05, 0) is 112 Å². The summed E-state index contributed by atoms with van der Waals surface area (Å²) in [5, 5.41) is 6.48. The van der Waals surface area contributed by atoms with Crippen LogP contribution in [0, 0.1) is 0 Å². The smallest absolute Gasteiger partial charge is 0.166 e. The second-order valence-corrected chi connectivity index (χ2v) is 13.6. The molecular weight excluding hydrogens is 610 g/mol. The number of hydrogen-bond donors (Lipinski definition) is 0. The van der Waals surface area contributed by atoms with Crippen molar-refractivity contribution in [1.29, 1.82) is 0 Å². The van der Waals surface area contributed by atoms with Crippen LogP contribution in [0.25, 0.3) is 76.8 Å². The summed E-state index contributed by atoms with van der Waals surface area (Å²) in [6.07, 6.45) is -4.40. The first-order valence-electron chi connectivity index (χ1n) is 16.6. The lowest BCUT2D eigenvalue weighted by molar-refractivity contribution is -0.137. The van der Waals surface area contributed by atoms with Gasteiger partial charge in [-0.15, -0.1) is 0 Å². The van der Waals surface area contributed by atoms with Crippen LogP contribution in [-0.4, -0.2) is 0 Å². The molecule has 0 radical (unpaired) electrons. The highest BCUT2D eigenvalue weighted by Crippen LogP contribution is 2.51. The zero-order valence-corrected chi connectivity index (χ0v) is 27.1. The van der Waals surface area contributed by atoms with Crippen LogP contribution in [-0.2, 0) is 11.6 Å². The van der Waals surface area contributed by atoms with Crippen LogP contribution in [0.15, 0.2) is 152 Å². The molecular formula is C46H31F3. The van der Waals surface area contributed by atoms with Gasteiger partial charge in [0.05, 0.1) is 5.56 Å². The molecule has 0 bridgehead atoms. The van der Waals surface area contributed by atoms with E-state index in [0.29, 0.717) is 0 Å². The minimum Gasteiger partial charge on any atom is -0.166 e. The van der Waals surface area contributed by atoms with Crippen molar-refractivity contribution in [3.63, 3.8) is 0 Å². The van der Waals surface area contributed by atoms with Gasteiger partial charge in [0.15, 0.2) is 0 Å². The van der Waals surface area contributed by atoms with Crippen LogP contribution in [0.2, 0.25) is 0 Å². The number of rotatable bonds is 3. The van der Waals surface area contributed by atoms with Gasteiger partial charge < -0.3 is 0 Å². The molecule has 0 amide bonds. The molecule has 0 saturated heterocycles. The lowest BCUT2D eigenvalue weighted by atomic mass is 9.80. The van der Waals surface area contributed by atoms with E-state index in [1.54, 1.807) is 12.1 Å². The lowest BCUT2D eigenvalue weighted by Gasteiger charge is -2.23. The number of hydrogen-bond acceptors (Lipinski definition) is 0. The average Bonchev–Trinajstić information content (AvgIpc) is 3.35. The summed E-state index contributed by atoms with van der Waals surface area (Å²) in [5.74, 6) is 0. The Balaban J connectivity index is 1.37. The highest BCUT2D eigenvalue weighted by atomic mass is 19.4. The second-order valence-electron chi connectivity index (χ2n) is 13.6. The number of alkyl halides is 3. The summed E-state index contributed by atoms with van der Waals surface area (Å²) in [5.41, 5.74) is 10.5. The van der Waals surface area contributed by atoms with Crippen molar-refractivity contribution in [3.8, 4) is 44.5 Å². The molecule has 3 heteroatoms. The van der Waals surface area contributed by atoms with E-state index in [2.05, 4.69) is 135 Å². The second kappa shape index (κ2) is 10.7. The number of fused-ring (bicyclic) bond motifs is 6. The maximum absolute atomic E-state index is 13.6. The van der Waals surface area contributed by atoms with Gasteiger partial charge in [-0.2, -0.15) is 13.2 Å². The molecule has 1 aliphatic rings. The Hall–Kier alpha value is -5.67. The fourth-order valence-electron chi connectivity index (χ4n) is 8.13. The molecule has 0 nitrogen and oxygen atoms in total. The molecule has 0 unspecified atom stereocenters. The quantitative estimate of drug-likeness (QED) is 0.169. The Kier molecular flexibility index (Phi) is 6.42. The number of benzene rings is 8. The Morgan fingerprint density at radius 1 is 0.408 bits per heavy atom. The highest BCUT2D eigenvalue weighted by Gasteiger charge is 2.35. The zero-order chi connectivity index (χ0) is 33.5. The van der Waals surface area contributed by atoms with Crippen molar-refractivity contribution < 1.29 is 13.2 Å². The van der Waals surface area contributed by atoms with Crippen molar-refractivity contribution in [2.75, 3.05) is 0 Å². The van der Waals surface area contributed by atoms with Gasteiger partial charge in [0, 0.05) is 5.41 Å². The van der Waals surface area contributed by atoms with Crippen LogP contribution in [0.3, 0.4) is 0 Å². The predicted molar refractivity (Wildman–Crippen MR) is 198 cm³/mol. The zero-order valence-electron chi connectivity index (χ0n) is 27.1. The Labute approximate surface area is 283 Å². The molecule has 1 aliphatic carbocycles. The molecule has 0 aromatic heterocycles. The minimum atomic E-state index is -4.40. The van der Waals surface area contributed by atoms with E-state index in [1.165, 1.54) is 45.2 Å². The van der Waals surface area contributed by atoms with Crippen molar-refractivity contribution in [1.82, 2.24) is 0 Å². The van der Waals surface area contributed by atoms with Gasteiger partial charge in [-0.1, -0.05) is 141 Å². The third-order valence-electron chi connectivity index (χ3n) is 10.5. The lowest BCUT2D eigenvalue weighted by Crippen LogP contribution is -2.14. The van der Waals surface area contributed by atoms with Crippen LogP contribution < -0.4 is 0 Å². The Morgan fingerprint density at radius 2 is 0.959 bits per heavy atom. The summed E-state index contributed by atoms with van der Waals surface area (Å²) >= 11 is 0. The molecule has 236 valence electrons. The average molecular weight is 641 g/mol. The predicted octanol–water partition coefficient (Wildman–Crippen LogP) is 13.5. The van der Waals surface area contributed by atoms with Crippen LogP contribution in [0.1, 0.15) is 30.5 Å². The normalized spacial score (nSPS) is 13.6. The van der Waals surface area contributed by atoms with Crippen molar-refractivity contribution >= 4 is 32.3 Å². The third-order valence-corrected chi connectivity index (χ3v) is 10.5. The molecule has 0 N–H and O–H groups in total. The van der Waals surface area contributed by atoms with E-state index in [1.807, 2.05) is 6.07 Å². The van der Waals surface area contributed by atoms with Gasteiger partial charge in [-0.25, -0.2) is 0 Å². The van der Waals surface area contributed by atoms with E-state index in [0.717, 1.165) is 54.9 Å². The molecule has 0 atom stereocenters. The van der Waals surface area contributed by atoms with E-state index in [-0.39, 0.29) is 5.41 Å². The van der Waals surface area contributed by atoms with E-state index in [4.69, 9.17) is 0 Å². The standard InChI is InChI=1S/C46H31F3/c1-45(2)41-17-8-7-13-35(41)36-24-21-31(27-42(36)45)44-38-15-6-5-14-37(38)43(29-18-22-32(23-19-29)46(47,48)49)39-25-20-30(26-40(39)44)34-16-9-11-28-10-3-4-12-33(28)34/h3-27H,1-2H3. The summed E-state index contributed by atoms with van der Waals surface area (Å²) in [7, 11) is 0. The summed E-state index contributed by atoms with van der Waals surface area (Å²) in [6.45, 7) is 4.59. The van der Waals surface area contributed by atoms with Gasteiger partial charge in [-0.3, -0.25) is 0 Å². The van der Waals surface area contributed by atoms with Crippen molar-refractivity contribution in [2.45, 2.75) is 25.4 Å². The SMILES string of the molecule is CC1(C)c2ccccc2-c2ccc(-c3c4ccccc4c(-c4ccc(C(F)(F)F)cc4)c4ccc(-c5cccc6ccccc56)cc34)cc21. The van der Waals surface area contributed by atoms with E-state index in [9.17, 15) is 13.2 Å². The third kappa shape index (κ3) is 4.53. The first-order chi connectivity index (χ1) is 23.7. The van der Waals surface area contributed by atoms with Gasteiger partial charge in [0.2, 0.25) is 0 Å². The fraction of sp³-hybridized carbons (Fsp3) is 0.0870. The topological polar surface area (TPSA) is 0 Å². The molecule has 8 aromatic carbocycles. The van der Waals surface area contributed by atoms with Crippen LogP contribution >= 0.6 is 0 Å². The Morgan fingerprint density at radius 3 is 1.71 bits per heavy atom. The molecule has 0 aliphatic heterocycles. The Bertz CT molecular complexity index is 2600. The molecule has 0 heterocycles. The van der Waals surface area contributed by atoms with Crippen LogP contribution in [0.5, 0.6) is 0 Å². The maximum Gasteiger partial charge on any atom is 0.416 e. The molecule has 0 saturated carbocycles. The molecule has 9 rings (SSSR count). The van der Waals surface area contributed by atoms with Crippen LogP contribution in [0.4, 0.5) is 13.2 Å². The minimum absolute atomic E-state index is 0.165.